The van der Waals surface area contributed by atoms with E-state index in [1.165, 1.54) is 0 Å². The number of benzene rings is 3. The van der Waals surface area contributed by atoms with Gasteiger partial charge in [-0.2, -0.15) is 13.2 Å². The molecule has 244 valence electrons. The summed E-state index contributed by atoms with van der Waals surface area (Å²) in [7, 11) is -3.46. The standard InChI is InChI=1S/C31H39N3O3S.C2HF3O2/c1-22(2)20-32-25-15-16-30(24(19-25)21-38(36,37)26-11-4-3-5-12-26)34-18-17-29(31(34)35)33-28-14-8-10-23-9-6-7-13-27(23)28;3-2(4,5)1(6)7/h3-14,22,24-25,29-30,32-33H,15-21H2,1-2H3;(H,6,7)/t24-,25+,29?,30-;/m0./s1. The maximum Gasteiger partial charge on any atom is 0.490 e. The van der Waals surface area contributed by atoms with Crippen LogP contribution in [0.1, 0.15) is 39.5 Å². The predicted molar refractivity (Wildman–Crippen MR) is 168 cm³/mol. The second kappa shape index (κ2) is 14.6. The molecule has 0 bridgehead atoms. The van der Waals surface area contributed by atoms with E-state index < -0.39 is 22.0 Å². The minimum atomic E-state index is -5.08. The molecule has 8 nitrogen and oxygen atoms in total. The molecule has 0 radical (unpaired) electrons. The van der Waals surface area contributed by atoms with E-state index in [0.717, 1.165) is 42.3 Å². The highest BCUT2D eigenvalue weighted by Gasteiger charge is 2.43. The van der Waals surface area contributed by atoms with Crippen molar-refractivity contribution in [3.63, 3.8) is 0 Å². The third-order valence-electron chi connectivity index (χ3n) is 8.29. The number of amides is 1. The molecule has 0 aromatic heterocycles. The molecule has 1 aliphatic carbocycles. The SMILES string of the molecule is CC(C)CN[C@@H]1CC[C@H](N2CCC(Nc3cccc4ccccc34)C2=O)[C@H](CS(=O)(=O)c2ccccc2)C1.O=C(O)C(F)(F)F. The summed E-state index contributed by atoms with van der Waals surface area (Å²) >= 11 is 0. The van der Waals surface area contributed by atoms with Crippen LogP contribution in [0.25, 0.3) is 10.8 Å². The number of carboxylic acid groups (broad SMARTS) is 1. The van der Waals surface area contributed by atoms with Crippen LogP contribution in [0.2, 0.25) is 0 Å². The highest BCUT2D eigenvalue weighted by atomic mass is 32.2. The molecule has 2 aliphatic rings. The van der Waals surface area contributed by atoms with Crippen molar-refractivity contribution in [1.82, 2.24) is 10.2 Å². The van der Waals surface area contributed by atoms with E-state index in [1.54, 1.807) is 24.3 Å². The summed E-state index contributed by atoms with van der Waals surface area (Å²) in [5.41, 5.74) is 0.966. The van der Waals surface area contributed by atoms with Crippen LogP contribution in [-0.2, 0) is 19.4 Å². The van der Waals surface area contributed by atoms with Crippen molar-refractivity contribution < 1.29 is 36.3 Å². The molecule has 0 spiro atoms. The average molecular weight is 648 g/mol. The average Bonchev–Trinajstić information content (AvgIpc) is 3.35. The number of fused-ring (bicyclic) bond motifs is 1. The lowest BCUT2D eigenvalue weighted by molar-refractivity contribution is -0.192. The van der Waals surface area contributed by atoms with Crippen LogP contribution >= 0.6 is 0 Å². The Bertz CT molecular complexity index is 1560. The molecule has 4 atom stereocenters. The number of alkyl halides is 3. The molecule has 12 heteroatoms. The van der Waals surface area contributed by atoms with Crippen molar-refractivity contribution in [3.05, 3.63) is 72.8 Å². The largest absolute Gasteiger partial charge is 0.490 e. The van der Waals surface area contributed by atoms with Crippen LogP contribution in [0, 0.1) is 11.8 Å². The van der Waals surface area contributed by atoms with Crippen molar-refractivity contribution >= 4 is 38.2 Å². The Kier molecular flexibility index (Phi) is 11.1. The van der Waals surface area contributed by atoms with E-state index in [-0.39, 0.29) is 35.7 Å². The van der Waals surface area contributed by atoms with Gasteiger partial charge in [-0.05, 0) is 67.6 Å². The molecule has 45 heavy (non-hydrogen) atoms. The van der Waals surface area contributed by atoms with E-state index in [9.17, 15) is 26.4 Å². The third-order valence-corrected chi connectivity index (χ3v) is 10.2. The van der Waals surface area contributed by atoms with E-state index in [2.05, 4.69) is 42.7 Å². The zero-order valence-electron chi connectivity index (χ0n) is 25.3. The van der Waals surface area contributed by atoms with Gasteiger partial charge in [0, 0.05) is 29.7 Å². The smallest absolute Gasteiger partial charge is 0.475 e. The minimum Gasteiger partial charge on any atom is -0.475 e. The topological polar surface area (TPSA) is 116 Å². The number of nitrogens with zero attached hydrogens (tertiary/aromatic N) is 1. The van der Waals surface area contributed by atoms with Gasteiger partial charge in [-0.15, -0.1) is 0 Å². The highest BCUT2D eigenvalue weighted by molar-refractivity contribution is 7.91. The summed E-state index contributed by atoms with van der Waals surface area (Å²) in [6.45, 7) is 5.93. The zero-order valence-corrected chi connectivity index (χ0v) is 26.2. The molecule has 5 rings (SSSR count). The van der Waals surface area contributed by atoms with Crippen molar-refractivity contribution in [2.24, 2.45) is 11.8 Å². The molecule has 1 saturated carbocycles. The van der Waals surface area contributed by atoms with Crippen molar-refractivity contribution in [3.8, 4) is 0 Å². The van der Waals surface area contributed by atoms with Gasteiger partial charge in [0.1, 0.15) is 6.04 Å². The number of rotatable bonds is 9. The number of nitrogens with one attached hydrogen (secondary N) is 2. The fourth-order valence-corrected chi connectivity index (χ4v) is 7.82. The molecule has 1 aliphatic heterocycles. The second-order valence-corrected chi connectivity index (χ2v) is 14.1. The van der Waals surface area contributed by atoms with Gasteiger partial charge in [-0.3, -0.25) is 4.79 Å². The van der Waals surface area contributed by atoms with Crippen LogP contribution in [0.5, 0.6) is 0 Å². The summed E-state index contributed by atoms with van der Waals surface area (Å²) in [5.74, 6) is -2.20. The number of carboxylic acids is 1. The van der Waals surface area contributed by atoms with Crippen LogP contribution in [0.4, 0.5) is 18.9 Å². The summed E-state index contributed by atoms with van der Waals surface area (Å²) in [6, 6.07) is 22.9. The number of carbonyl (C=O) groups excluding carboxylic acids is 1. The third kappa shape index (κ3) is 8.97. The van der Waals surface area contributed by atoms with Gasteiger partial charge in [-0.1, -0.05) is 68.4 Å². The van der Waals surface area contributed by atoms with Crippen LogP contribution < -0.4 is 10.6 Å². The van der Waals surface area contributed by atoms with Gasteiger partial charge in [0.25, 0.3) is 0 Å². The Morgan fingerprint density at radius 3 is 2.29 bits per heavy atom. The number of hydrogen-bond donors (Lipinski definition) is 3. The van der Waals surface area contributed by atoms with Crippen LogP contribution in [-0.4, -0.2) is 73.4 Å². The van der Waals surface area contributed by atoms with Gasteiger partial charge >= 0.3 is 12.1 Å². The Labute approximate surface area is 261 Å². The molecule has 3 N–H and O–H groups in total. The highest BCUT2D eigenvalue weighted by Crippen LogP contribution is 2.35. The van der Waals surface area contributed by atoms with Crippen molar-refractivity contribution in [2.45, 2.75) is 68.7 Å². The Balaban J connectivity index is 0.000000591. The maximum atomic E-state index is 13.7. The number of halogens is 3. The van der Waals surface area contributed by atoms with Gasteiger partial charge in [0.15, 0.2) is 9.84 Å². The number of anilines is 1. The van der Waals surface area contributed by atoms with Crippen LogP contribution in [0.3, 0.4) is 0 Å². The zero-order chi connectivity index (χ0) is 32.8. The fourth-order valence-electron chi connectivity index (χ4n) is 6.14. The van der Waals surface area contributed by atoms with E-state index in [1.807, 2.05) is 35.2 Å². The van der Waals surface area contributed by atoms with Crippen molar-refractivity contribution in [1.29, 1.82) is 0 Å². The molecule has 1 amide bonds. The number of sulfone groups is 1. The monoisotopic (exact) mass is 647 g/mol. The summed E-state index contributed by atoms with van der Waals surface area (Å²) in [5, 5.41) is 16.5. The first-order valence-electron chi connectivity index (χ1n) is 15.1. The van der Waals surface area contributed by atoms with Gasteiger partial charge in [0.05, 0.1) is 10.6 Å². The molecule has 1 unspecified atom stereocenters. The molecule has 3 aromatic rings. The van der Waals surface area contributed by atoms with Crippen LogP contribution in [0.15, 0.2) is 77.7 Å². The second-order valence-electron chi connectivity index (χ2n) is 12.1. The summed E-state index contributed by atoms with van der Waals surface area (Å²) < 4.78 is 58.6. The molecule has 2 fully saturated rings. The number of carbonyl (C=O) groups is 2. The lowest BCUT2D eigenvalue weighted by Crippen LogP contribution is -2.51. The maximum absolute atomic E-state index is 13.7. The van der Waals surface area contributed by atoms with E-state index >= 15 is 0 Å². The summed E-state index contributed by atoms with van der Waals surface area (Å²) in [4.78, 5) is 25.0. The predicted octanol–water partition coefficient (Wildman–Crippen LogP) is 5.74. The normalized spacial score (nSPS) is 22.3. The van der Waals surface area contributed by atoms with E-state index in [4.69, 9.17) is 9.90 Å². The first-order chi connectivity index (χ1) is 21.3. The number of likely N-dealkylation sites (tertiary alicyclic amines) is 1. The number of aliphatic carboxylic acids is 1. The van der Waals surface area contributed by atoms with Gasteiger partial charge in [0.2, 0.25) is 5.91 Å². The molecule has 1 heterocycles. The Hall–Kier alpha value is -3.64. The Morgan fingerprint density at radius 2 is 1.62 bits per heavy atom. The first kappa shape index (κ1) is 34.2. The lowest BCUT2D eigenvalue weighted by Gasteiger charge is -2.41. The number of hydrogen-bond acceptors (Lipinski definition) is 6. The molecular formula is C33H40F3N3O5S. The molecule has 1 saturated heterocycles. The minimum absolute atomic E-state index is 0.0622. The first-order valence-corrected chi connectivity index (χ1v) is 16.8. The molecule has 3 aromatic carbocycles. The molecular weight excluding hydrogens is 607 g/mol. The fraction of sp³-hybridized carbons (Fsp3) is 0.455. The van der Waals surface area contributed by atoms with Gasteiger partial charge < -0.3 is 20.6 Å². The Morgan fingerprint density at radius 1 is 0.978 bits per heavy atom. The van der Waals surface area contributed by atoms with E-state index in [0.29, 0.717) is 23.8 Å². The summed E-state index contributed by atoms with van der Waals surface area (Å²) in [6.07, 6.45) is -1.84. The lowest BCUT2D eigenvalue weighted by atomic mass is 9.81. The quantitative estimate of drug-likeness (QED) is 0.271. The van der Waals surface area contributed by atoms with Crippen molar-refractivity contribution in [2.75, 3.05) is 24.2 Å². The van der Waals surface area contributed by atoms with Gasteiger partial charge in [-0.25, -0.2) is 13.2 Å².